The molecule has 2 atom stereocenters. The van der Waals surface area contributed by atoms with Gasteiger partial charge in [0.05, 0.1) is 5.69 Å². The zero-order valence-corrected chi connectivity index (χ0v) is 11.9. The summed E-state index contributed by atoms with van der Waals surface area (Å²) in [4.78, 5) is 11.9. The molecule has 1 heterocycles. The second-order valence-corrected chi connectivity index (χ2v) is 5.46. The lowest BCUT2D eigenvalue weighted by Gasteiger charge is -2.33. The number of likely N-dealkylation sites (N-methyl/N-ethyl adjacent to an activating group) is 1. The van der Waals surface area contributed by atoms with Crippen molar-refractivity contribution in [3.8, 4) is 0 Å². The largest absolute Gasteiger partial charge is 0.368 e. The fraction of sp³-hybridized carbons (Fsp3) is 0.714. The lowest BCUT2D eigenvalue weighted by Crippen LogP contribution is -2.58. The van der Waals surface area contributed by atoms with Crippen LogP contribution in [0.5, 0.6) is 0 Å². The second-order valence-electron chi connectivity index (χ2n) is 5.46. The first kappa shape index (κ1) is 14.1. The minimum Gasteiger partial charge on any atom is -0.368 e. The van der Waals surface area contributed by atoms with Crippen molar-refractivity contribution < 1.29 is 4.79 Å². The Kier molecular flexibility index (Phi) is 4.24. The van der Waals surface area contributed by atoms with Gasteiger partial charge in [-0.05, 0) is 44.7 Å². The van der Waals surface area contributed by atoms with Crippen LogP contribution in [0.3, 0.4) is 0 Å². The molecule has 3 N–H and O–H groups in total. The molecule has 0 saturated heterocycles. The molecule has 1 fully saturated rings. The van der Waals surface area contributed by atoms with Crippen molar-refractivity contribution in [2.45, 2.75) is 51.6 Å². The molecule has 1 aliphatic rings. The van der Waals surface area contributed by atoms with Crippen LogP contribution in [0.25, 0.3) is 0 Å². The Balaban J connectivity index is 2.03. The number of nitrogens with two attached hydrogens (primary N) is 1. The molecule has 0 radical (unpaired) electrons. The van der Waals surface area contributed by atoms with Crippen molar-refractivity contribution >= 4 is 5.91 Å². The quantitative estimate of drug-likeness (QED) is 0.811. The van der Waals surface area contributed by atoms with Gasteiger partial charge in [-0.3, -0.25) is 9.48 Å². The van der Waals surface area contributed by atoms with Gasteiger partial charge in [0, 0.05) is 12.7 Å². The average molecular weight is 264 g/mol. The summed E-state index contributed by atoms with van der Waals surface area (Å²) >= 11 is 0. The lowest BCUT2D eigenvalue weighted by molar-refractivity contribution is -0.126. The summed E-state index contributed by atoms with van der Waals surface area (Å²) in [7, 11) is 0. The zero-order chi connectivity index (χ0) is 13.9. The number of nitrogens with one attached hydrogen (secondary N) is 1. The lowest BCUT2D eigenvalue weighted by atomic mass is 9.84. The number of hydrogen-bond donors (Lipinski definition) is 2. The van der Waals surface area contributed by atoms with Crippen LogP contribution in [0.4, 0.5) is 0 Å². The minimum absolute atomic E-state index is 0.200. The van der Waals surface area contributed by atoms with E-state index in [1.54, 1.807) is 0 Å². The van der Waals surface area contributed by atoms with Crippen LogP contribution in [-0.4, -0.2) is 27.8 Å². The fourth-order valence-electron chi connectivity index (χ4n) is 3.30. The standard InChI is InChI=1S/C14H24N4O/c1-3-16-14(13(15)19)8-4-5-12(14)7-10-18-9-6-11(2)17-18/h6,9,12,16H,3-5,7-8,10H2,1-2H3,(H2,15,19). The van der Waals surface area contributed by atoms with Crippen LogP contribution in [0, 0.1) is 12.8 Å². The normalized spacial score (nSPS) is 26.7. The molecular formula is C14H24N4O. The van der Waals surface area contributed by atoms with Gasteiger partial charge in [0.15, 0.2) is 0 Å². The molecule has 19 heavy (non-hydrogen) atoms. The van der Waals surface area contributed by atoms with E-state index in [4.69, 9.17) is 5.73 Å². The van der Waals surface area contributed by atoms with Gasteiger partial charge in [-0.15, -0.1) is 0 Å². The summed E-state index contributed by atoms with van der Waals surface area (Å²) in [6.07, 6.45) is 5.93. The summed E-state index contributed by atoms with van der Waals surface area (Å²) in [5, 5.41) is 7.74. The summed E-state index contributed by atoms with van der Waals surface area (Å²) < 4.78 is 1.95. The number of carbonyl (C=O) groups excluding carboxylic acids is 1. The summed E-state index contributed by atoms with van der Waals surface area (Å²) in [5.41, 5.74) is 6.18. The third-order valence-electron chi connectivity index (χ3n) is 4.23. The van der Waals surface area contributed by atoms with E-state index in [1.807, 2.05) is 30.8 Å². The topological polar surface area (TPSA) is 72.9 Å². The highest BCUT2D eigenvalue weighted by molar-refractivity contribution is 5.85. The first-order valence-corrected chi connectivity index (χ1v) is 7.13. The molecular weight excluding hydrogens is 240 g/mol. The minimum atomic E-state index is -0.503. The van der Waals surface area contributed by atoms with E-state index >= 15 is 0 Å². The summed E-state index contributed by atoms with van der Waals surface area (Å²) in [6.45, 7) is 5.63. The second kappa shape index (κ2) is 5.74. The predicted molar refractivity (Wildman–Crippen MR) is 74.5 cm³/mol. The number of aryl methyl sites for hydroxylation is 2. The maximum Gasteiger partial charge on any atom is 0.238 e. The monoisotopic (exact) mass is 264 g/mol. The van der Waals surface area contributed by atoms with Gasteiger partial charge in [0.25, 0.3) is 0 Å². The fourth-order valence-corrected chi connectivity index (χ4v) is 3.30. The number of aromatic nitrogens is 2. The Morgan fingerprint density at radius 3 is 3.05 bits per heavy atom. The van der Waals surface area contributed by atoms with Gasteiger partial charge in [-0.2, -0.15) is 5.10 Å². The maximum absolute atomic E-state index is 11.9. The first-order valence-electron chi connectivity index (χ1n) is 7.13. The van der Waals surface area contributed by atoms with Crippen molar-refractivity contribution in [1.82, 2.24) is 15.1 Å². The van der Waals surface area contributed by atoms with Crippen LogP contribution in [0.1, 0.15) is 38.3 Å². The van der Waals surface area contributed by atoms with E-state index in [-0.39, 0.29) is 5.91 Å². The van der Waals surface area contributed by atoms with Crippen molar-refractivity contribution in [3.05, 3.63) is 18.0 Å². The van der Waals surface area contributed by atoms with Gasteiger partial charge in [0.2, 0.25) is 5.91 Å². The summed E-state index contributed by atoms with van der Waals surface area (Å²) in [6, 6.07) is 2.00. The average Bonchev–Trinajstić information content (AvgIpc) is 2.94. The molecule has 1 aliphatic carbocycles. The smallest absolute Gasteiger partial charge is 0.238 e. The van der Waals surface area contributed by atoms with E-state index in [2.05, 4.69) is 10.4 Å². The van der Waals surface area contributed by atoms with Crippen LogP contribution in [0.15, 0.2) is 12.3 Å². The van der Waals surface area contributed by atoms with E-state index in [0.29, 0.717) is 5.92 Å². The maximum atomic E-state index is 11.9. The number of primary amides is 1. The molecule has 1 saturated carbocycles. The molecule has 0 bridgehead atoms. The molecule has 1 amide bonds. The Bertz CT molecular complexity index is 442. The highest BCUT2D eigenvalue weighted by Crippen LogP contribution is 2.38. The Morgan fingerprint density at radius 1 is 1.68 bits per heavy atom. The molecule has 2 rings (SSSR count). The Hall–Kier alpha value is -1.36. The SMILES string of the molecule is CCNC1(C(N)=O)CCCC1CCn1ccc(C)n1. The van der Waals surface area contributed by atoms with Crippen molar-refractivity contribution in [2.75, 3.05) is 6.54 Å². The van der Waals surface area contributed by atoms with E-state index in [0.717, 1.165) is 44.5 Å². The van der Waals surface area contributed by atoms with E-state index in [9.17, 15) is 4.79 Å². The van der Waals surface area contributed by atoms with Crippen LogP contribution in [0.2, 0.25) is 0 Å². The van der Waals surface area contributed by atoms with Crippen LogP contribution >= 0.6 is 0 Å². The van der Waals surface area contributed by atoms with Gasteiger partial charge in [0.1, 0.15) is 5.54 Å². The predicted octanol–water partition coefficient (Wildman–Crippen LogP) is 1.22. The highest BCUT2D eigenvalue weighted by Gasteiger charge is 2.46. The van der Waals surface area contributed by atoms with Crippen molar-refractivity contribution in [3.63, 3.8) is 0 Å². The molecule has 0 aliphatic heterocycles. The van der Waals surface area contributed by atoms with Crippen molar-refractivity contribution in [1.29, 1.82) is 0 Å². The third kappa shape index (κ3) is 2.81. The number of amides is 1. The van der Waals surface area contributed by atoms with Gasteiger partial charge in [-0.1, -0.05) is 13.3 Å². The van der Waals surface area contributed by atoms with E-state index in [1.165, 1.54) is 0 Å². The van der Waals surface area contributed by atoms with Gasteiger partial charge < -0.3 is 11.1 Å². The molecule has 0 aromatic carbocycles. The zero-order valence-electron chi connectivity index (χ0n) is 11.9. The number of nitrogens with zero attached hydrogens (tertiary/aromatic N) is 2. The molecule has 1 aromatic heterocycles. The van der Waals surface area contributed by atoms with Crippen LogP contribution in [-0.2, 0) is 11.3 Å². The Labute approximate surface area is 114 Å². The third-order valence-corrected chi connectivity index (χ3v) is 4.23. The van der Waals surface area contributed by atoms with Crippen LogP contribution < -0.4 is 11.1 Å². The summed E-state index contributed by atoms with van der Waals surface area (Å²) in [5.74, 6) is 0.114. The highest BCUT2D eigenvalue weighted by atomic mass is 16.1. The molecule has 1 aromatic rings. The van der Waals surface area contributed by atoms with Gasteiger partial charge in [-0.25, -0.2) is 0 Å². The molecule has 2 unspecified atom stereocenters. The Morgan fingerprint density at radius 2 is 2.47 bits per heavy atom. The van der Waals surface area contributed by atoms with E-state index < -0.39 is 5.54 Å². The molecule has 106 valence electrons. The number of carbonyl (C=O) groups is 1. The molecule has 0 spiro atoms. The molecule has 5 nitrogen and oxygen atoms in total. The van der Waals surface area contributed by atoms with Crippen molar-refractivity contribution in [2.24, 2.45) is 11.7 Å². The first-order chi connectivity index (χ1) is 9.08. The number of hydrogen-bond acceptors (Lipinski definition) is 3. The van der Waals surface area contributed by atoms with Gasteiger partial charge >= 0.3 is 0 Å². The number of rotatable bonds is 6. The molecule has 5 heteroatoms.